The fourth-order valence-corrected chi connectivity index (χ4v) is 1.75. The molecule has 1 aromatic carbocycles. The molecule has 0 fully saturated rings. The minimum Gasteiger partial charge on any atom is -0.243 e. The summed E-state index contributed by atoms with van der Waals surface area (Å²) in [5.74, 6) is 0.567. The maximum absolute atomic E-state index is 4.25. The molecule has 2 heteroatoms. The third kappa shape index (κ3) is 1.94. The van der Waals surface area contributed by atoms with Gasteiger partial charge in [0.25, 0.3) is 0 Å². The van der Waals surface area contributed by atoms with E-state index in [1.54, 1.807) is 6.34 Å². The summed E-state index contributed by atoms with van der Waals surface area (Å²) in [6.07, 6.45) is 4.56. The standard InChI is InChI=1S/C13H15N2/c1-3-10(2)11-6-4-5-7-12(11)13-8-14-9-15-13/h4-10H,3H2,1-2H3. The summed E-state index contributed by atoms with van der Waals surface area (Å²) >= 11 is 0. The molecule has 0 bridgehead atoms. The molecule has 1 heterocycles. The average molecular weight is 199 g/mol. The molecule has 2 nitrogen and oxygen atoms in total. The molecule has 0 aliphatic carbocycles. The Bertz CT molecular complexity index is 405. The van der Waals surface area contributed by atoms with Gasteiger partial charge in [-0.3, -0.25) is 0 Å². The predicted octanol–water partition coefficient (Wildman–Crippen LogP) is 3.14. The van der Waals surface area contributed by atoms with Gasteiger partial charge >= 0.3 is 0 Å². The Morgan fingerprint density at radius 3 is 2.73 bits per heavy atom. The summed E-state index contributed by atoms with van der Waals surface area (Å²) in [7, 11) is 0. The van der Waals surface area contributed by atoms with Gasteiger partial charge in [-0.1, -0.05) is 38.1 Å². The summed E-state index contributed by atoms with van der Waals surface area (Å²) < 4.78 is 0. The van der Waals surface area contributed by atoms with Gasteiger partial charge in [0.2, 0.25) is 0 Å². The van der Waals surface area contributed by atoms with Crippen LogP contribution in [0.2, 0.25) is 0 Å². The van der Waals surface area contributed by atoms with Gasteiger partial charge in [0.15, 0.2) is 0 Å². The van der Waals surface area contributed by atoms with Gasteiger partial charge in [-0.25, -0.2) is 10.3 Å². The molecule has 1 unspecified atom stereocenters. The lowest BCUT2D eigenvalue weighted by Crippen LogP contribution is -2.02. The fraction of sp³-hybridized carbons (Fsp3) is 0.308. The zero-order valence-electron chi connectivity index (χ0n) is 9.14. The maximum Gasteiger partial charge on any atom is 0.116 e. The largest absolute Gasteiger partial charge is 0.243 e. The van der Waals surface area contributed by atoms with E-state index in [0.29, 0.717) is 5.92 Å². The molecule has 1 radical (unpaired) electrons. The van der Waals surface area contributed by atoms with Crippen LogP contribution in [0, 0.1) is 0 Å². The van der Waals surface area contributed by atoms with Gasteiger partial charge in [0.05, 0.1) is 11.9 Å². The number of benzene rings is 1. The first-order chi connectivity index (χ1) is 7.33. The smallest absolute Gasteiger partial charge is 0.116 e. The highest BCUT2D eigenvalue weighted by Gasteiger charge is 2.13. The lowest BCUT2D eigenvalue weighted by Gasteiger charge is -2.14. The molecule has 15 heavy (non-hydrogen) atoms. The Hall–Kier alpha value is -1.57. The van der Waals surface area contributed by atoms with Crippen molar-refractivity contribution in [3.8, 4) is 0 Å². The third-order valence-electron chi connectivity index (χ3n) is 2.84. The maximum atomic E-state index is 4.25. The average Bonchev–Trinajstić information content (AvgIpc) is 2.81. The minimum absolute atomic E-state index is 0.567. The van der Waals surface area contributed by atoms with Crippen molar-refractivity contribution in [3.63, 3.8) is 0 Å². The molecule has 1 atom stereocenters. The van der Waals surface area contributed by atoms with Crippen LogP contribution in [-0.4, -0.2) is 6.34 Å². The van der Waals surface area contributed by atoms with Crippen LogP contribution in [0.5, 0.6) is 0 Å². The summed E-state index contributed by atoms with van der Waals surface area (Å²) in [6, 6.07) is 8.43. The monoisotopic (exact) mass is 199 g/mol. The topological polar surface area (TPSA) is 26.5 Å². The molecule has 0 N–H and O–H groups in total. The van der Waals surface area contributed by atoms with E-state index < -0.39 is 0 Å². The van der Waals surface area contributed by atoms with Gasteiger partial charge in [-0.15, -0.1) is 0 Å². The van der Waals surface area contributed by atoms with Crippen molar-refractivity contribution < 1.29 is 0 Å². The second-order valence-electron chi connectivity index (χ2n) is 3.80. The van der Waals surface area contributed by atoms with Crippen LogP contribution in [-0.2, 0) is 0 Å². The molecule has 0 aromatic heterocycles. The van der Waals surface area contributed by atoms with Crippen molar-refractivity contribution in [1.82, 2.24) is 5.32 Å². The van der Waals surface area contributed by atoms with Crippen LogP contribution in [0.3, 0.4) is 0 Å². The molecule has 0 saturated carbocycles. The number of aliphatic imine (C=N–C) groups is 1. The molecule has 1 aromatic rings. The molecule has 1 aliphatic heterocycles. The van der Waals surface area contributed by atoms with Crippen molar-refractivity contribution in [1.29, 1.82) is 0 Å². The summed E-state index contributed by atoms with van der Waals surface area (Å²) in [4.78, 5) is 4.01. The quantitative estimate of drug-likeness (QED) is 0.715. The van der Waals surface area contributed by atoms with E-state index in [0.717, 1.165) is 12.1 Å². The second kappa shape index (κ2) is 4.30. The van der Waals surface area contributed by atoms with E-state index in [-0.39, 0.29) is 0 Å². The Morgan fingerprint density at radius 1 is 1.27 bits per heavy atom. The van der Waals surface area contributed by atoms with Crippen LogP contribution < -0.4 is 5.32 Å². The van der Waals surface area contributed by atoms with Crippen molar-refractivity contribution in [2.75, 3.05) is 0 Å². The highest BCUT2D eigenvalue weighted by Crippen LogP contribution is 2.27. The van der Waals surface area contributed by atoms with Crippen molar-refractivity contribution >= 4 is 12.0 Å². The highest BCUT2D eigenvalue weighted by molar-refractivity contribution is 5.81. The minimum atomic E-state index is 0.567. The fourth-order valence-electron chi connectivity index (χ4n) is 1.75. The van der Waals surface area contributed by atoms with Crippen LogP contribution in [0.25, 0.3) is 5.70 Å². The zero-order valence-corrected chi connectivity index (χ0v) is 9.14. The number of nitrogens with zero attached hydrogens (tertiary/aromatic N) is 2. The SMILES string of the molecule is CCC(C)c1ccccc1C1=CN=C[N]1. The number of hydrogen-bond donors (Lipinski definition) is 0. The van der Waals surface area contributed by atoms with Gasteiger partial charge in [0, 0.05) is 5.56 Å². The van der Waals surface area contributed by atoms with Gasteiger partial charge in [-0.05, 0) is 17.9 Å². The van der Waals surface area contributed by atoms with Crippen LogP contribution in [0.15, 0.2) is 35.5 Å². The van der Waals surface area contributed by atoms with Gasteiger partial charge < -0.3 is 0 Å². The summed E-state index contributed by atoms with van der Waals surface area (Å²) in [5, 5.41) is 4.25. The first-order valence-corrected chi connectivity index (χ1v) is 5.35. The third-order valence-corrected chi connectivity index (χ3v) is 2.84. The first-order valence-electron chi connectivity index (χ1n) is 5.35. The van der Waals surface area contributed by atoms with E-state index in [1.807, 2.05) is 6.20 Å². The Balaban J connectivity index is 2.38. The van der Waals surface area contributed by atoms with Crippen molar-refractivity contribution in [2.24, 2.45) is 4.99 Å². The van der Waals surface area contributed by atoms with E-state index in [9.17, 15) is 0 Å². The van der Waals surface area contributed by atoms with Crippen LogP contribution >= 0.6 is 0 Å². The molecular weight excluding hydrogens is 184 g/mol. The molecule has 77 valence electrons. The molecule has 0 amide bonds. The predicted molar refractivity (Wildman–Crippen MR) is 63.8 cm³/mol. The first kappa shape index (κ1) is 9.97. The Labute approximate surface area is 90.7 Å². The number of rotatable bonds is 3. The normalized spacial score (nSPS) is 16.0. The molecule has 1 aliphatic rings. The lowest BCUT2D eigenvalue weighted by molar-refractivity contribution is 0.731. The molecular formula is C13H15N2. The van der Waals surface area contributed by atoms with Crippen LogP contribution in [0.1, 0.15) is 37.3 Å². The van der Waals surface area contributed by atoms with Crippen molar-refractivity contribution in [2.45, 2.75) is 26.2 Å². The van der Waals surface area contributed by atoms with E-state index in [1.165, 1.54) is 11.1 Å². The Morgan fingerprint density at radius 2 is 2.07 bits per heavy atom. The Kier molecular flexibility index (Phi) is 2.86. The molecule has 0 spiro atoms. The summed E-state index contributed by atoms with van der Waals surface area (Å²) in [5.41, 5.74) is 3.55. The highest BCUT2D eigenvalue weighted by atomic mass is 15.0. The number of hydrogen-bond acceptors (Lipinski definition) is 1. The van der Waals surface area contributed by atoms with E-state index in [2.05, 4.69) is 48.4 Å². The van der Waals surface area contributed by atoms with Gasteiger partial charge in [0.1, 0.15) is 6.34 Å². The van der Waals surface area contributed by atoms with E-state index >= 15 is 0 Å². The zero-order chi connectivity index (χ0) is 10.7. The van der Waals surface area contributed by atoms with E-state index in [4.69, 9.17) is 0 Å². The second-order valence-corrected chi connectivity index (χ2v) is 3.80. The van der Waals surface area contributed by atoms with Crippen LogP contribution in [0.4, 0.5) is 0 Å². The van der Waals surface area contributed by atoms with Gasteiger partial charge in [-0.2, -0.15) is 0 Å². The molecule has 2 rings (SSSR count). The lowest BCUT2D eigenvalue weighted by atomic mass is 9.92. The molecule has 0 saturated heterocycles. The van der Waals surface area contributed by atoms with Crippen molar-refractivity contribution in [3.05, 3.63) is 41.6 Å². The summed E-state index contributed by atoms with van der Waals surface area (Å²) in [6.45, 7) is 4.45.